The first kappa shape index (κ1) is 12.4. The maximum atomic E-state index is 12.7. The molecule has 0 N–H and O–H groups in total. The third kappa shape index (κ3) is 2.29. The Kier molecular flexibility index (Phi) is 3.38. The molecule has 88 valence electrons. The average Bonchev–Trinajstić information content (AvgIpc) is 2.32. The van der Waals surface area contributed by atoms with Crippen LogP contribution in [0.2, 0.25) is 15.2 Å². The largest absolute Gasteiger partial charge is 0.291 e. The molecule has 0 saturated carbocycles. The van der Waals surface area contributed by atoms with Crippen LogP contribution < -0.4 is 5.56 Å². The molecule has 0 aliphatic carbocycles. The number of aromatic nitrogens is 2. The highest BCUT2D eigenvalue weighted by molar-refractivity contribution is 6.47. The van der Waals surface area contributed by atoms with Gasteiger partial charge in [0.25, 0.3) is 5.56 Å². The van der Waals surface area contributed by atoms with Crippen molar-refractivity contribution < 1.29 is 4.39 Å². The summed E-state index contributed by atoms with van der Waals surface area (Å²) in [5.74, 6) is -0.423. The first-order valence-electron chi connectivity index (χ1n) is 4.40. The predicted molar refractivity (Wildman–Crippen MR) is 64.8 cm³/mol. The molecule has 17 heavy (non-hydrogen) atoms. The van der Waals surface area contributed by atoms with Crippen LogP contribution in [0.5, 0.6) is 0 Å². The Balaban J connectivity index is 2.68. The van der Waals surface area contributed by atoms with E-state index in [1.807, 2.05) is 0 Å². The monoisotopic (exact) mass is 292 g/mol. The van der Waals surface area contributed by atoms with E-state index in [0.717, 1.165) is 4.68 Å². The van der Waals surface area contributed by atoms with Gasteiger partial charge in [-0.3, -0.25) is 4.79 Å². The zero-order chi connectivity index (χ0) is 12.6. The van der Waals surface area contributed by atoms with Crippen molar-refractivity contribution in [2.75, 3.05) is 0 Å². The lowest BCUT2D eigenvalue weighted by Gasteiger charge is -2.06. The van der Waals surface area contributed by atoms with E-state index in [9.17, 15) is 9.18 Å². The lowest BCUT2D eigenvalue weighted by Crippen LogP contribution is -2.22. The summed E-state index contributed by atoms with van der Waals surface area (Å²) in [4.78, 5) is 11.8. The van der Waals surface area contributed by atoms with E-state index in [4.69, 9.17) is 34.8 Å². The third-order valence-corrected chi connectivity index (χ3v) is 3.19. The third-order valence-electron chi connectivity index (χ3n) is 2.01. The van der Waals surface area contributed by atoms with Gasteiger partial charge in [-0.15, -0.1) is 0 Å². The Morgan fingerprint density at radius 3 is 2.24 bits per heavy atom. The second-order valence-corrected chi connectivity index (χ2v) is 4.23. The van der Waals surface area contributed by atoms with Crippen LogP contribution in [0.1, 0.15) is 0 Å². The molecule has 1 heterocycles. The molecule has 1 aromatic carbocycles. The van der Waals surface area contributed by atoms with Gasteiger partial charge in [-0.2, -0.15) is 9.78 Å². The van der Waals surface area contributed by atoms with Crippen LogP contribution in [0.3, 0.4) is 0 Å². The van der Waals surface area contributed by atoms with E-state index < -0.39 is 11.4 Å². The van der Waals surface area contributed by atoms with Crippen molar-refractivity contribution in [1.29, 1.82) is 0 Å². The van der Waals surface area contributed by atoms with Crippen LogP contribution in [-0.2, 0) is 0 Å². The van der Waals surface area contributed by atoms with Crippen LogP contribution >= 0.6 is 34.8 Å². The molecule has 0 aliphatic heterocycles. The average molecular weight is 294 g/mol. The van der Waals surface area contributed by atoms with Crippen LogP contribution in [0, 0.1) is 5.82 Å². The summed E-state index contributed by atoms with van der Waals surface area (Å²) in [5, 5.41) is 3.34. The Hall–Kier alpha value is -1.10. The van der Waals surface area contributed by atoms with Gasteiger partial charge < -0.3 is 0 Å². The molecular weight excluding hydrogens is 289 g/mol. The zero-order valence-corrected chi connectivity index (χ0v) is 10.4. The van der Waals surface area contributed by atoms with E-state index in [0.29, 0.717) is 5.69 Å². The summed E-state index contributed by atoms with van der Waals surface area (Å²) in [5.41, 5.74) is -0.274. The van der Waals surface area contributed by atoms with Crippen molar-refractivity contribution in [2.45, 2.75) is 0 Å². The molecule has 0 bridgehead atoms. The fourth-order valence-electron chi connectivity index (χ4n) is 1.21. The second-order valence-electron chi connectivity index (χ2n) is 3.11. The van der Waals surface area contributed by atoms with Gasteiger partial charge in [0.1, 0.15) is 15.9 Å². The molecule has 0 saturated heterocycles. The van der Waals surface area contributed by atoms with Gasteiger partial charge in [0.2, 0.25) is 0 Å². The maximum absolute atomic E-state index is 12.7. The molecule has 0 amide bonds. The van der Waals surface area contributed by atoms with E-state index in [2.05, 4.69) is 5.10 Å². The fraction of sp³-hybridized carbons (Fsp3) is 0. The van der Waals surface area contributed by atoms with E-state index in [-0.39, 0.29) is 15.2 Å². The highest BCUT2D eigenvalue weighted by Crippen LogP contribution is 2.24. The molecule has 2 aromatic rings. The Morgan fingerprint density at radius 1 is 1.06 bits per heavy atom. The summed E-state index contributed by atoms with van der Waals surface area (Å²) in [6.45, 7) is 0. The van der Waals surface area contributed by atoms with E-state index >= 15 is 0 Å². The van der Waals surface area contributed by atoms with Gasteiger partial charge in [-0.25, -0.2) is 4.39 Å². The molecule has 3 nitrogen and oxygen atoms in total. The molecule has 0 aliphatic rings. The number of benzene rings is 1. The standard InChI is InChI=1S/C10H4Cl3FN2O/c11-7-8(12)10(17)16(15-9(7)13)6-3-1-5(14)2-4-6/h1-4H. The van der Waals surface area contributed by atoms with Crippen LogP contribution in [0.15, 0.2) is 29.1 Å². The van der Waals surface area contributed by atoms with Crippen molar-refractivity contribution >= 4 is 34.8 Å². The molecule has 0 spiro atoms. The first-order chi connectivity index (χ1) is 8.00. The Morgan fingerprint density at radius 2 is 1.65 bits per heavy atom. The minimum absolute atomic E-state index is 0.0967. The van der Waals surface area contributed by atoms with Gasteiger partial charge in [0.05, 0.1) is 5.69 Å². The highest BCUT2D eigenvalue weighted by atomic mass is 35.5. The van der Waals surface area contributed by atoms with Crippen molar-refractivity contribution in [2.24, 2.45) is 0 Å². The van der Waals surface area contributed by atoms with Crippen LogP contribution in [0.4, 0.5) is 4.39 Å². The normalized spacial score (nSPS) is 10.6. The lowest BCUT2D eigenvalue weighted by molar-refractivity contribution is 0.626. The van der Waals surface area contributed by atoms with Gasteiger partial charge in [-0.05, 0) is 24.3 Å². The Labute approximate surface area is 110 Å². The van der Waals surface area contributed by atoms with Crippen LogP contribution in [0.25, 0.3) is 5.69 Å². The number of hydrogen-bond donors (Lipinski definition) is 0. The van der Waals surface area contributed by atoms with Gasteiger partial charge in [0, 0.05) is 0 Å². The first-order valence-corrected chi connectivity index (χ1v) is 5.54. The molecule has 0 radical (unpaired) electrons. The number of rotatable bonds is 1. The molecule has 0 atom stereocenters. The van der Waals surface area contributed by atoms with Gasteiger partial charge in [0.15, 0.2) is 5.15 Å². The van der Waals surface area contributed by atoms with Crippen molar-refractivity contribution in [3.8, 4) is 5.69 Å². The van der Waals surface area contributed by atoms with Gasteiger partial charge in [-0.1, -0.05) is 34.8 Å². The Bertz CT molecular complexity index is 625. The predicted octanol–water partition coefficient (Wildman–Crippen LogP) is 3.33. The fourth-order valence-corrected chi connectivity index (χ4v) is 1.72. The minimum atomic E-state index is -0.618. The van der Waals surface area contributed by atoms with Crippen molar-refractivity contribution in [3.05, 3.63) is 55.6 Å². The maximum Gasteiger partial charge on any atom is 0.291 e. The van der Waals surface area contributed by atoms with Crippen LogP contribution in [-0.4, -0.2) is 9.78 Å². The van der Waals surface area contributed by atoms with Crippen molar-refractivity contribution in [1.82, 2.24) is 9.78 Å². The lowest BCUT2D eigenvalue weighted by atomic mass is 10.3. The molecule has 0 unspecified atom stereocenters. The zero-order valence-electron chi connectivity index (χ0n) is 8.12. The SMILES string of the molecule is O=c1c(Cl)c(Cl)c(Cl)nn1-c1ccc(F)cc1. The minimum Gasteiger partial charge on any atom is -0.266 e. The molecule has 2 rings (SSSR count). The number of hydrogen-bond acceptors (Lipinski definition) is 2. The summed E-state index contributed by atoms with van der Waals surface area (Å²) >= 11 is 17.1. The molecule has 0 fully saturated rings. The van der Waals surface area contributed by atoms with E-state index in [1.165, 1.54) is 24.3 Å². The smallest absolute Gasteiger partial charge is 0.266 e. The highest BCUT2D eigenvalue weighted by Gasteiger charge is 2.13. The number of nitrogens with zero attached hydrogens (tertiary/aromatic N) is 2. The topological polar surface area (TPSA) is 34.9 Å². The summed E-state index contributed by atoms with van der Waals surface area (Å²) < 4.78 is 13.7. The quantitative estimate of drug-likeness (QED) is 0.808. The number of halogens is 4. The van der Waals surface area contributed by atoms with Gasteiger partial charge >= 0.3 is 0 Å². The van der Waals surface area contributed by atoms with E-state index in [1.54, 1.807) is 0 Å². The summed E-state index contributed by atoms with van der Waals surface area (Å²) in [6, 6.07) is 5.15. The molecular formula is C10H4Cl3FN2O. The summed E-state index contributed by atoms with van der Waals surface area (Å²) in [6.07, 6.45) is 0. The summed E-state index contributed by atoms with van der Waals surface area (Å²) in [7, 11) is 0. The second kappa shape index (κ2) is 4.64. The molecule has 7 heteroatoms. The molecule has 1 aromatic heterocycles. The van der Waals surface area contributed by atoms with Crippen molar-refractivity contribution in [3.63, 3.8) is 0 Å².